The third kappa shape index (κ3) is 24.5. The molecule has 6 nitrogen and oxygen atoms in total. The Morgan fingerprint density at radius 1 is 0.639 bits per heavy atom. The Hall–Kier alpha value is -1.14. The van der Waals surface area contributed by atoms with Gasteiger partial charge in [-0.05, 0) is 64.5 Å². The summed E-state index contributed by atoms with van der Waals surface area (Å²) in [4.78, 5) is 25.2. The molecule has 0 aromatic carbocycles. The molecule has 0 bridgehead atoms. The topological polar surface area (TPSA) is 87.1 Å². The van der Waals surface area contributed by atoms with Crippen molar-refractivity contribution in [2.45, 2.75) is 155 Å². The van der Waals surface area contributed by atoms with Crippen LogP contribution in [-0.4, -0.2) is 59.4 Å². The molecule has 0 fully saturated rings. The number of carboxylic acids is 1. The molecule has 0 aliphatic heterocycles. The molecule has 0 rings (SSSR count). The average molecular weight is 514 g/mol. The number of aliphatic carboxylic acids is 1. The minimum absolute atomic E-state index is 0.0101. The van der Waals surface area contributed by atoms with Crippen molar-refractivity contribution in [3.05, 3.63) is 0 Å². The van der Waals surface area contributed by atoms with Crippen LogP contribution in [0.3, 0.4) is 0 Å². The smallest absolute Gasteiger partial charge is 0.306 e. The Labute approximate surface area is 222 Å². The van der Waals surface area contributed by atoms with Crippen molar-refractivity contribution in [1.29, 1.82) is 0 Å². The average Bonchev–Trinajstić information content (AvgIpc) is 2.85. The first-order valence-electron chi connectivity index (χ1n) is 15.3. The number of unbranched alkanes of at least 4 members (excludes halogenated alkanes) is 13. The van der Waals surface area contributed by atoms with Crippen molar-refractivity contribution in [3.8, 4) is 0 Å². The number of esters is 1. The summed E-state index contributed by atoms with van der Waals surface area (Å²) in [5.41, 5.74) is 0. The highest BCUT2D eigenvalue weighted by molar-refractivity contribution is 5.69. The summed E-state index contributed by atoms with van der Waals surface area (Å²) >= 11 is 0. The molecule has 0 saturated heterocycles. The molecule has 0 radical (unpaired) electrons. The van der Waals surface area contributed by atoms with Crippen LogP contribution in [0.25, 0.3) is 0 Å². The summed E-state index contributed by atoms with van der Waals surface area (Å²) in [7, 11) is 0. The van der Waals surface area contributed by atoms with E-state index in [-0.39, 0.29) is 25.1 Å². The lowest BCUT2D eigenvalue weighted by Crippen LogP contribution is -2.29. The van der Waals surface area contributed by atoms with Crippen LogP contribution in [-0.2, 0) is 14.3 Å². The van der Waals surface area contributed by atoms with Crippen molar-refractivity contribution in [3.63, 3.8) is 0 Å². The van der Waals surface area contributed by atoms with Gasteiger partial charge in [-0.25, -0.2) is 0 Å². The van der Waals surface area contributed by atoms with E-state index < -0.39 is 5.97 Å². The summed E-state index contributed by atoms with van der Waals surface area (Å²) < 4.78 is 5.85. The number of ether oxygens (including phenoxy) is 1. The first kappa shape index (κ1) is 34.9. The third-order valence-electron chi connectivity index (χ3n) is 6.94. The second-order valence-electron chi connectivity index (χ2n) is 10.5. The molecular formula is C30H59NO5. The van der Waals surface area contributed by atoms with Crippen molar-refractivity contribution in [2.75, 3.05) is 26.2 Å². The summed E-state index contributed by atoms with van der Waals surface area (Å²) in [5, 5.41) is 18.0. The van der Waals surface area contributed by atoms with Gasteiger partial charge in [0, 0.05) is 19.4 Å². The summed E-state index contributed by atoms with van der Waals surface area (Å²) in [6.07, 6.45) is 21.9. The largest absolute Gasteiger partial charge is 0.481 e. The van der Waals surface area contributed by atoms with Crippen molar-refractivity contribution in [2.24, 2.45) is 0 Å². The molecule has 0 saturated carbocycles. The first-order valence-corrected chi connectivity index (χ1v) is 15.3. The van der Waals surface area contributed by atoms with Crippen LogP contribution >= 0.6 is 0 Å². The Bertz CT molecular complexity index is 500. The Kier molecular flexibility index (Phi) is 26.1. The number of rotatable bonds is 28. The van der Waals surface area contributed by atoms with Gasteiger partial charge in [0.25, 0.3) is 0 Å². The SMILES string of the molecule is CCCCCCC(CCCCC)OC(=O)CCCCCCCN(CCO)CCCCCCCC(=O)O. The maximum Gasteiger partial charge on any atom is 0.306 e. The lowest BCUT2D eigenvalue weighted by molar-refractivity contribution is -0.150. The van der Waals surface area contributed by atoms with E-state index in [1.807, 2.05) is 0 Å². The number of carbonyl (C=O) groups excluding carboxylic acids is 1. The molecule has 1 unspecified atom stereocenters. The summed E-state index contributed by atoms with van der Waals surface area (Å²) in [6.45, 7) is 7.37. The highest BCUT2D eigenvalue weighted by atomic mass is 16.5. The van der Waals surface area contributed by atoms with E-state index in [2.05, 4.69) is 18.7 Å². The molecule has 0 aromatic heterocycles. The molecule has 0 aromatic rings. The van der Waals surface area contributed by atoms with Crippen molar-refractivity contribution >= 4 is 11.9 Å². The Morgan fingerprint density at radius 3 is 1.67 bits per heavy atom. The van der Waals surface area contributed by atoms with E-state index in [0.717, 1.165) is 110 Å². The molecule has 36 heavy (non-hydrogen) atoms. The number of aliphatic hydroxyl groups excluding tert-OH is 1. The van der Waals surface area contributed by atoms with E-state index in [1.54, 1.807) is 0 Å². The minimum atomic E-state index is -0.705. The molecule has 0 aliphatic carbocycles. The molecule has 0 aliphatic rings. The lowest BCUT2D eigenvalue weighted by Gasteiger charge is -2.21. The van der Waals surface area contributed by atoms with Gasteiger partial charge in [-0.1, -0.05) is 84.5 Å². The molecular weight excluding hydrogens is 454 g/mol. The van der Waals surface area contributed by atoms with E-state index in [1.165, 1.54) is 32.1 Å². The van der Waals surface area contributed by atoms with Gasteiger partial charge in [0.2, 0.25) is 0 Å². The number of nitrogens with zero attached hydrogens (tertiary/aromatic N) is 1. The zero-order chi connectivity index (χ0) is 26.7. The number of hydrogen-bond acceptors (Lipinski definition) is 5. The predicted molar refractivity (Wildman–Crippen MR) is 149 cm³/mol. The zero-order valence-corrected chi connectivity index (χ0v) is 23.8. The maximum absolute atomic E-state index is 12.4. The van der Waals surface area contributed by atoms with Crippen LogP contribution < -0.4 is 0 Å². The van der Waals surface area contributed by atoms with E-state index in [9.17, 15) is 14.7 Å². The van der Waals surface area contributed by atoms with Crippen LogP contribution in [0.4, 0.5) is 0 Å². The molecule has 0 amide bonds. The van der Waals surface area contributed by atoms with Crippen molar-refractivity contribution in [1.82, 2.24) is 4.90 Å². The van der Waals surface area contributed by atoms with Crippen LogP contribution in [0.2, 0.25) is 0 Å². The van der Waals surface area contributed by atoms with E-state index in [4.69, 9.17) is 9.84 Å². The van der Waals surface area contributed by atoms with Crippen LogP contribution in [0.15, 0.2) is 0 Å². The monoisotopic (exact) mass is 513 g/mol. The Balaban J connectivity index is 3.88. The fourth-order valence-electron chi connectivity index (χ4n) is 4.68. The van der Waals surface area contributed by atoms with Crippen LogP contribution in [0.5, 0.6) is 0 Å². The number of carbonyl (C=O) groups is 2. The van der Waals surface area contributed by atoms with Gasteiger partial charge in [0.1, 0.15) is 6.10 Å². The molecule has 6 heteroatoms. The van der Waals surface area contributed by atoms with Gasteiger partial charge in [0.15, 0.2) is 0 Å². The predicted octanol–water partition coefficient (Wildman–Crippen LogP) is 7.51. The van der Waals surface area contributed by atoms with Gasteiger partial charge in [0.05, 0.1) is 6.61 Å². The highest BCUT2D eigenvalue weighted by Crippen LogP contribution is 2.17. The third-order valence-corrected chi connectivity index (χ3v) is 6.94. The second kappa shape index (κ2) is 26.9. The molecule has 1 atom stereocenters. The van der Waals surface area contributed by atoms with E-state index in [0.29, 0.717) is 6.42 Å². The zero-order valence-electron chi connectivity index (χ0n) is 23.8. The first-order chi connectivity index (χ1) is 17.5. The highest BCUT2D eigenvalue weighted by Gasteiger charge is 2.14. The van der Waals surface area contributed by atoms with Gasteiger partial charge in [-0.2, -0.15) is 0 Å². The number of aliphatic hydroxyl groups is 1. The summed E-state index contributed by atoms with van der Waals surface area (Å²) in [6, 6.07) is 0. The maximum atomic E-state index is 12.4. The van der Waals surface area contributed by atoms with Gasteiger partial charge >= 0.3 is 11.9 Å². The van der Waals surface area contributed by atoms with Gasteiger partial charge in [-0.3, -0.25) is 9.59 Å². The molecule has 2 N–H and O–H groups in total. The second-order valence-corrected chi connectivity index (χ2v) is 10.5. The lowest BCUT2D eigenvalue weighted by atomic mass is 10.0. The van der Waals surface area contributed by atoms with Gasteiger partial charge in [-0.15, -0.1) is 0 Å². The normalized spacial score (nSPS) is 12.2. The standard InChI is InChI=1S/C30H59NO5/c1-3-5-7-15-21-28(20-14-6-4-2)36-30(35)23-17-11-9-13-19-25-31(26-27-32)24-18-12-8-10-16-22-29(33)34/h28,32H,3-27H2,1-2H3,(H,33,34). The summed E-state index contributed by atoms with van der Waals surface area (Å²) in [5.74, 6) is -0.715. The quantitative estimate of drug-likeness (QED) is 0.0831. The van der Waals surface area contributed by atoms with Crippen molar-refractivity contribution < 1.29 is 24.5 Å². The molecule has 0 heterocycles. The fourth-order valence-corrected chi connectivity index (χ4v) is 4.68. The van der Waals surface area contributed by atoms with Gasteiger partial charge < -0.3 is 19.8 Å². The van der Waals surface area contributed by atoms with E-state index >= 15 is 0 Å². The van der Waals surface area contributed by atoms with Crippen LogP contribution in [0, 0.1) is 0 Å². The molecule has 214 valence electrons. The fraction of sp³-hybridized carbons (Fsp3) is 0.933. The Morgan fingerprint density at radius 2 is 1.11 bits per heavy atom. The van der Waals surface area contributed by atoms with Crippen LogP contribution in [0.1, 0.15) is 149 Å². The minimum Gasteiger partial charge on any atom is -0.481 e. The number of carboxylic acid groups (broad SMARTS) is 1. The molecule has 0 spiro atoms. The number of hydrogen-bond donors (Lipinski definition) is 2.